The first-order chi connectivity index (χ1) is 12.1. The number of carbonyl (C=O) groups excluding carboxylic acids is 2. The number of nitrogens with zero attached hydrogens (tertiary/aromatic N) is 2. The molecule has 0 aromatic heterocycles. The van der Waals surface area contributed by atoms with Gasteiger partial charge in [0.2, 0.25) is 5.91 Å². The quantitative estimate of drug-likeness (QED) is 0.820. The summed E-state index contributed by atoms with van der Waals surface area (Å²) in [5.74, 6) is 0.739. The highest BCUT2D eigenvalue weighted by molar-refractivity contribution is 6.00. The zero-order valence-electron chi connectivity index (χ0n) is 15.4. The smallest absolute Gasteiger partial charge is 0.267 e. The maximum Gasteiger partial charge on any atom is 0.267 e. The fourth-order valence-corrected chi connectivity index (χ4v) is 3.60. The molecule has 0 bridgehead atoms. The highest BCUT2D eigenvalue weighted by atomic mass is 35.5. The third-order valence-corrected chi connectivity index (χ3v) is 4.88. The summed E-state index contributed by atoms with van der Waals surface area (Å²) in [6.07, 6.45) is 1.76. The minimum Gasteiger partial charge on any atom is -0.479 e. The van der Waals surface area contributed by atoms with Crippen LogP contribution in [0.1, 0.15) is 33.1 Å². The van der Waals surface area contributed by atoms with Crippen molar-refractivity contribution >= 4 is 29.9 Å². The lowest BCUT2D eigenvalue weighted by Gasteiger charge is -2.34. The maximum atomic E-state index is 12.8. The van der Waals surface area contributed by atoms with Crippen LogP contribution in [0.4, 0.5) is 5.69 Å². The van der Waals surface area contributed by atoms with Gasteiger partial charge in [-0.05, 0) is 38.4 Å². The lowest BCUT2D eigenvalue weighted by molar-refractivity contribution is -0.133. The van der Waals surface area contributed by atoms with Crippen LogP contribution in [-0.2, 0) is 9.59 Å². The van der Waals surface area contributed by atoms with Gasteiger partial charge in [0.25, 0.3) is 5.91 Å². The molecule has 26 heavy (non-hydrogen) atoms. The van der Waals surface area contributed by atoms with Crippen LogP contribution in [-0.4, -0.2) is 55.0 Å². The molecule has 0 aliphatic carbocycles. The highest BCUT2D eigenvalue weighted by Gasteiger charge is 2.32. The van der Waals surface area contributed by atoms with E-state index in [4.69, 9.17) is 4.74 Å². The molecule has 1 saturated heterocycles. The minimum atomic E-state index is -0.518. The van der Waals surface area contributed by atoms with Crippen molar-refractivity contribution in [2.24, 2.45) is 0 Å². The Morgan fingerprint density at radius 2 is 2.15 bits per heavy atom. The van der Waals surface area contributed by atoms with Gasteiger partial charge in [0.1, 0.15) is 5.75 Å². The maximum absolute atomic E-state index is 12.8. The second-order valence-corrected chi connectivity index (χ2v) is 6.70. The number of rotatable bonds is 6. The number of anilines is 1. The standard InChI is InChI=1S/C19H27N3O3.ClH/c1-3-11-21(15-8-10-20-13-15)18(23)9-12-22-16-6-4-5-7-17(16)25-14(2)19(22)24;/h4-7,14-15,20H,3,8-13H2,1-2H3;1H. The van der Waals surface area contributed by atoms with Crippen molar-refractivity contribution in [1.82, 2.24) is 10.2 Å². The Morgan fingerprint density at radius 3 is 2.85 bits per heavy atom. The van der Waals surface area contributed by atoms with Gasteiger partial charge in [0.15, 0.2) is 6.10 Å². The molecule has 1 N–H and O–H groups in total. The summed E-state index contributed by atoms with van der Waals surface area (Å²) in [4.78, 5) is 29.0. The van der Waals surface area contributed by atoms with Crippen molar-refractivity contribution in [3.8, 4) is 5.75 Å². The third kappa shape index (κ3) is 4.30. The first kappa shape index (κ1) is 20.5. The van der Waals surface area contributed by atoms with Crippen LogP contribution in [0.5, 0.6) is 5.75 Å². The van der Waals surface area contributed by atoms with E-state index < -0.39 is 6.10 Å². The summed E-state index contributed by atoms with van der Waals surface area (Å²) < 4.78 is 5.65. The third-order valence-electron chi connectivity index (χ3n) is 4.88. The average Bonchev–Trinajstić information content (AvgIpc) is 3.14. The molecule has 2 atom stereocenters. The number of amides is 2. The molecule has 6 nitrogen and oxygen atoms in total. The van der Waals surface area contributed by atoms with E-state index in [1.807, 2.05) is 29.2 Å². The van der Waals surface area contributed by atoms with E-state index in [1.54, 1.807) is 11.8 Å². The highest BCUT2D eigenvalue weighted by Crippen LogP contribution is 2.33. The van der Waals surface area contributed by atoms with E-state index in [0.717, 1.165) is 38.2 Å². The second kappa shape index (κ2) is 9.24. The number of halogens is 1. The van der Waals surface area contributed by atoms with Gasteiger partial charge < -0.3 is 19.9 Å². The molecular weight excluding hydrogens is 354 g/mol. The van der Waals surface area contributed by atoms with Crippen LogP contribution in [0.15, 0.2) is 24.3 Å². The van der Waals surface area contributed by atoms with E-state index in [1.165, 1.54) is 0 Å². The SMILES string of the molecule is CCCN(C(=O)CCN1C(=O)C(C)Oc2ccccc21)C1CCNC1.Cl. The summed E-state index contributed by atoms with van der Waals surface area (Å²) in [6, 6.07) is 7.78. The lowest BCUT2D eigenvalue weighted by Crippen LogP contribution is -2.47. The summed E-state index contributed by atoms with van der Waals surface area (Å²) in [6.45, 7) is 6.83. The molecule has 2 aliphatic rings. The van der Waals surface area contributed by atoms with Gasteiger partial charge in [-0.3, -0.25) is 9.59 Å². The fourth-order valence-electron chi connectivity index (χ4n) is 3.60. The van der Waals surface area contributed by atoms with Gasteiger partial charge >= 0.3 is 0 Å². The Hall–Kier alpha value is -1.79. The number of ether oxygens (including phenoxy) is 1. The molecule has 2 unspecified atom stereocenters. The van der Waals surface area contributed by atoms with Crippen molar-refractivity contribution in [1.29, 1.82) is 0 Å². The van der Waals surface area contributed by atoms with Gasteiger partial charge in [0.05, 0.1) is 5.69 Å². The molecule has 7 heteroatoms. The molecule has 0 saturated carbocycles. The number of benzene rings is 1. The summed E-state index contributed by atoms with van der Waals surface area (Å²) in [7, 11) is 0. The fraction of sp³-hybridized carbons (Fsp3) is 0.579. The van der Waals surface area contributed by atoms with Crippen LogP contribution in [0, 0.1) is 0 Å². The molecule has 2 heterocycles. The van der Waals surface area contributed by atoms with Crippen molar-refractivity contribution in [2.45, 2.75) is 45.3 Å². The van der Waals surface area contributed by atoms with Crippen molar-refractivity contribution in [2.75, 3.05) is 31.1 Å². The van der Waals surface area contributed by atoms with E-state index in [2.05, 4.69) is 12.2 Å². The van der Waals surface area contributed by atoms with Gasteiger partial charge in [-0.1, -0.05) is 19.1 Å². The Kier molecular flexibility index (Phi) is 7.29. The van der Waals surface area contributed by atoms with E-state index in [-0.39, 0.29) is 30.3 Å². The van der Waals surface area contributed by atoms with Crippen LogP contribution in [0.25, 0.3) is 0 Å². The Bertz CT molecular complexity index is 634. The van der Waals surface area contributed by atoms with Crippen molar-refractivity contribution in [3.63, 3.8) is 0 Å². The van der Waals surface area contributed by atoms with Crippen molar-refractivity contribution in [3.05, 3.63) is 24.3 Å². The van der Waals surface area contributed by atoms with Crippen molar-refractivity contribution < 1.29 is 14.3 Å². The second-order valence-electron chi connectivity index (χ2n) is 6.70. The minimum absolute atomic E-state index is 0. The van der Waals surface area contributed by atoms with Crippen LogP contribution in [0.3, 0.4) is 0 Å². The summed E-state index contributed by atoms with van der Waals surface area (Å²) >= 11 is 0. The molecule has 2 aliphatic heterocycles. The molecule has 1 fully saturated rings. The number of hydrogen-bond acceptors (Lipinski definition) is 4. The number of hydrogen-bond donors (Lipinski definition) is 1. The predicted molar refractivity (Wildman–Crippen MR) is 104 cm³/mol. The molecule has 2 amide bonds. The van der Waals surface area contributed by atoms with Gasteiger partial charge in [-0.15, -0.1) is 12.4 Å². The van der Waals surface area contributed by atoms with Gasteiger partial charge in [-0.2, -0.15) is 0 Å². The van der Waals surface area contributed by atoms with Crippen LogP contribution in [0.2, 0.25) is 0 Å². The predicted octanol–water partition coefficient (Wildman–Crippen LogP) is 2.21. The molecule has 3 rings (SSSR count). The zero-order chi connectivity index (χ0) is 17.8. The molecule has 144 valence electrons. The molecule has 0 spiro atoms. The molecular formula is C19H28ClN3O3. The summed E-state index contributed by atoms with van der Waals surface area (Å²) in [5.41, 5.74) is 0.753. The summed E-state index contributed by atoms with van der Waals surface area (Å²) in [5, 5.41) is 3.32. The van der Waals surface area contributed by atoms with E-state index in [9.17, 15) is 9.59 Å². The molecule has 1 aromatic carbocycles. The average molecular weight is 382 g/mol. The number of nitrogens with one attached hydrogen (secondary N) is 1. The monoisotopic (exact) mass is 381 g/mol. The number of para-hydroxylation sites is 2. The lowest BCUT2D eigenvalue weighted by atomic mass is 10.1. The topological polar surface area (TPSA) is 61.9 Å². The van der Waals surface area contributed by atoms with Crippen LogP contribution < -0.4 is 15.0 Å². The number of fused-ring (bicyclic) bond motifs is 1. The number of carbonyl (C=O) groups is 2. The van der Waals surface area contributed by atoms with Gasteiger partial charge in [0, 0.05) is 32.1 Å². The zero-order valence-corrected chi connectivity index (χ0v) is 16.3. The Labute approximate surface area is 161 Å². The first-order valence-corrected chi connectivity index (χ1v) is 9.19. The largest absolute Gasteiger partial charge is 0.479 e. The first-order valence-electron chi connectivity index (χ1n) is 9.19. The van der Waals surface area contributed by atoms with Crippen LogP contribution >= 0.6 is 12.4 Å². The van der Waals surface area contributed by atoms with E-state index >= 15 is 0 Å². The molecule has 0 radical (unpaired) electrons. The van der Waals surface area contributed by atoms with E-state index in [0.29, 0.717) is 18.7 Å². The Morgan fingerprint density at radius 1 is 1.38 bits per heavy atom. The normalized spacial score (nSPS) is 21.6. The molecule has 1 aromatic rings. The van der Waals surface area contributed by atoms with Gasteiger partial charge in [-0.25, -0.2) is 0 Å². The Balaban J connectivity index is 0.00000243.